The fourth-order valence-corrected chi connectivity index (χ4v) is 2.29. The number of rotatable bonds is 3. The highest BCUT2D eigenvalue weighted by atomic mass is 35.5. The van der Waals surface area contributed by atoms with Gasteiger partial charge in [0.25, 0.3) is 5.91 Å². The Balaban J connectivity index is 1.59. The number of ether oxygens (including phenoxy) is 2. The molecule has 114 valence electrons. The molecule has 0 saturated carbocycles. The molecule has 0 fully saturated rings. The molecule has 0 saturated heterocycles. The van der Waals surface area contributed by atoms with Crippen molar-refractivity contribution in [2.45, 2.75) is 6.10 Å². The number of pyridine rings is 1. The highest BCUT2D eigenvalue weighted by molar-refractivity contribution is 6.41. The van der Waals surface area contributed by atoms with Gasteiger partial charge in [-0.25, -0.2) is 4.98 Å². The Morgan fingerprint density at radius 1 is 1.32 bits per heavy atom. The van der Waals surface area contributed by atoms with Gasteiger partial charge < -0.3 is 14.8 Å². The molecule has 0 unspecified atom stereocenters. The van der Waals surface area contributed by atoms with Crippen LogP contribution in [0.2, 0.25) is 10.2 Å². The van der Waals surface area contributed by atoms with Gasteiger partial charge in [-0.3, -0.25) is 4.79 Å². The van der Waals surface area contributed by atoms with E-state index in [0.717, 1.165) is 0 Å². The molecule has 0 aliphatic carbocycles. The number of para-hydroxylation sites is 2. The zero-order valence-electron chi connectivity index (χ0n) is 11.4. The minimum atomic E-state index is -0.298. The third-order valence-electron chi connectivity index (χ3n) is 3.12. The Kier molecular flexibility index (Phi) is 4.36. The van der Waals surface area contributed by atoms with Crippen molar-refractivity contribution < 1.29 is 14.3 Å². The van der Waals surface area contributed by atoms with E-state index in [9.17, 15) is 4.79 Å². The van der Waals surface area contributed by atoms with Gasteiger partial charge in [-0.15, -0.1) is 0 Å². The van der Waals surface area contributed by atoms with Gasteiger partial charge in [0.2, 0.25) is 0 Å². The van der Waals surface area contributed by atoms with Crippen LogP contribution in [-0.4, -0.2) is 30.1 Å². The van der Waals surface area contributed by atoms with E-state index in [-0.39, 0.29) is 22.2 Å². The normalized spacial score (nSPS) is 16.2. The molecule has 1 aromatic carbocycles. The summed E-state index contributed by atoms with van der Waals surface area (Å²) in [7, 11) is 0. The van der Waals surface area contributed by atoms with Crippen molar-refractivity contribution in [3.63, 3.8) is 0 Å². The molecule has 22 heavy (non-hydrogen) atoms. The van der Waals surface area contributed by atoms with Crippen molar-refractivity contribution in [1.82, 2.24) is 10.3 Å². The summed E-state index contributed by atoms with van der Waals surface area (Å²) in [6.45, 7) is 0.685. The predicted molar refractivity (Wildman–Crippen MR) is 82.9 cm³/mol. The fourth-order valence-electron chi connectivity index (χ4n) is 2.02. The monoisotopic (exact) mass is 338 g/mol. The second kappa shape index (κ2) is 6.42. The van der Waals surface area contributed by atoms with Gasteiger partial charge in [0, 0.05) is 6.20 Å². The topological polar surface area (TPSA) is 60.5 Å². The summed E-state index contributed by atoms with van der Waals surface area (Å²) < 4.78 is 11.3. The number of carbonyl (C=O) groups is 1. The molecule has 0 spiro atoms. The molecule has 1 aliphatic heterocycles. The van der Waals surface area contributed by atoms with Crippen LogP contribution in [-0.2, 0) is 0 Å². The molecule has 2 aromatic rings. The maximum atomic E-state index is 12.0. The lowest BCUT2D eigenvalue weighted by Crippen LogP contribution is -2.40. The number of nitrogens with zero attached hydrogens (tertiary/aromatic N) is 1. The van der Waals surface area contributed by atoms with E-state index in [1.807, 2.05) is 24.3 Å². The summed E-state index contributed by atoms with van der Waals surface area (Å²) in [5.74, 6) is 1.08. The van der Waals surface area contributed by atoms with Crippen LogP contribution in [0.15, 0.2) is 36.5 Å². The van der Waals surface area contributed by atoms with Gasteiger partial charge in [-0.1, -0.05) is 35.3 Å². The van der Waals surface area contributed by atoms with Gasteiger partial charge >= 0.3 is 0 Å². The van der Waals surface area contributed by atoms with E-state index < -0.39 is 0 Å². The Labute approximate surface area is 137 Å². The van der Waals surface area contributed by atoms with E-state index in [0.29, 0.717) is 30.2 Å². The Morgan fingerprint density at radius 2 is 2.09 bits per heavy atom. The zero-order valence-corrected chi connectivity index (χ0v) is 12.9. The number of hydrogen-bond donors (Lipinski definition) is 1. The summed E-state index contributed by atoms with van der Waals surface area (Å²) in [5.41, 5.74) is 0.339. The van der Waals surface area contributed by atoms with Crippen LogP contribution in [0.5, 0.6) is 11.5 Å². The number of hydrogen-bond acceptors (Lipinski definition) is 4. The van der Waals surface area contributed by atoms with Crippen LogP contribution in [0.3, 0.4) is 0 Å². The Hall–Kier alpha value is -1.98. The zero-order chi connectivity index (χ0) is 15.5. The molecular formula is C15H12Cl2N2O3. The molecule has 1 aromatic heterocycles. The predicted octanol–water partition coefficient (Wildman–Crippen LogP) is 2.96. The molecule has 0 bridgehead atoms. The average Bonchev–Trinajstić information content (AvgIpc) is 2.55. The maximum absolute atomic E-state index is 12.0. The van der Waals surface area contributed by atoms with Crippen molar-refractivity contribution in [2.75, 3.05) is 13.2 Å². The van der Waals surface area contributed by atoms with Crippen LogP contribution in [0.25, 0.3) is 0 Å². The van der Waals surface area contributed by atoms with Gasteiger partial charge in [0.1, 0.15) is 17.9 Å². The molecule has 1 aliphatic rings. The van der Waals surface area contributed by atoms with E-state index in [1.165, 1.54) is 12.3 Å². The van der Waals surface area contributed by atoms with E-state index in [2.05, 4.69) is 10.3 Å². The number of fused-ring (bicyclic) bond motifs is 1. The first-order valence-electron chi connectivity index (χ1n) is 6.61. The SMILES string of the molecule is O=C(NC[C@H]1COc2ccccc2O1)c1cnc(Cl)c(Cl)c1. The van der Waals surface area contributed by atoms with Crippen LogP contribution in [0.1, 0.15) is 10.4 Å². The third-order valence-corrected chi connectivity index (χ3v) is 3.80. The van der Waals surface area contributed by atoms with Crippen molar-refractivity contribution in [3.05, 3.63) is 52.3 Å². The van der Waals surface area contributed by atoms with Gasteiger partial charge in [-0.2, -0.15) is 0 Å². The lowest BCUT2D eigenvalue weighted by atomic mass is 10.2. The van der Waals surface area contributed by atoms with Crippen LogP contribution in [0.4, 0.5) is 0 Å². The Bertz CT molecular complexity index is 709. The molecule has 1 atom stereocenters. The van der Waals surface area contributed by atoms with E-state index in [4.69, 9.17) is 32.7 Å². The second-order valence-corrected chi connectivity index (χ2v) is 5.47. The molecule has 3 rings (SSSR count). The summed E-state index contributed by atoms with van der Waals surface area (Å²) >= 11 is 11.6. The highest BCUT2D eigenvalue weighted by Crippen LogP contribution is 2.30. The molecular weight excluding hydrogens is 327 g/mol. The first-order chi connectivity index (χ1) is 10.6. The van der Waals surface area contributed by atoms with Crippen LogP contribution < -0.4 is 14.8 Å². The number of nitrogens with one attached hydrogen (secondary N) is 1. The van der Waals surface area contributed by atoms with Crippen LogP contribution >= 0.6 is 23.2 Å². The average molecular weight is 339 g/mol. The number of amides is 1. The summed E-state index contributed by atoms with van der Waals surface area (Å²) in [4.78, 5) is 15.9. The largest absolute Gasteiger partial charge is 0.486 e. The molecule has 5 nitrogen and oxygen atoms in total. The first kappa shape index (κ1) is 14.9. The maximum Gasteiger partial charge on any atom is 0.253 e. The van der Waals surface area contributed by atoms with Gasteiger partial charge in [0.05, 0.1) is 17.1 Å². The number of halogens is 2. The fraction of sp³-hybridized carbons (Fsp3) is 0.200. The molecule has 2 heterocycles. The summed E-state index contributed by atoms with van der Waals surface area (Å²) in [5, 5.41) is 3.16. The minimum Gasteiger partial charge on any atom is -0.486 e. The first-order valence-corrected chi connectivity index (χ1v) is 7.37. The molecule has 7 heteroatoms. The smallest absolute Gasteiger partial charge is 0.253 e. The summed E-state index contributed by atoms with van der Waals surface area (Å²) in [6, 6.07) is 8.88. The number of benzene rings is 1. The molecule has 1 amide bonds. The van der Waals surface area contributed by atoms with Crippen molar-refractivity contribution in [2.24, 2.45) is 0 Å². The summed E-state index contributed by atoms with van der Waals surface area (Å²) in [6.07, 6.45) is 1.12. The minimum absolute atomic E-state index is 0.166. The molecule has 0 radical (unpaired) electrons. The third kappa shape index (κ3) is 3.26. The quantitative estimate of drug-likeness (QED) is 0.874. The van der Waals surface area contributed by atoms with Gasteiger partial charge in [-0.05, 0) is 18.2 Å². The second-order valence-electron chi connectivity index (χ2n) is 4.70. The van der Waals surface area contributed by atoms with Crippen molar-refractivity contribution >= 4 is 29.1 Å². The van der Waals surface area contributed by atoms with Gasteiger partial charge in [0.15, 0.2) is 11.5 Å². The lowest BCUT2D eigenvalue weighted by Gasteiger charge is -2.26. The highest BCUT2D eigenvalue weighted by Gasteiger charge is 2.21. The molecule has 1 N–H and O–H groups in total. The lowest BCUT2D eigenvalue weighted by molar-refractivity contribution is 0.0789. The number of aromatic nitrogens is 1. The van der Waals surface area contributed by atoms with Crippen molar-refractivity contribution in [3.8, 4) is 11.5 Å². The Morgan fingerprint density at radius 3 is 2.86 bits per heavy atom. The standard InChI is InChI=1S/C15H12Cl2N2O3/c16-11-5-9(6-18-14(11)17)15(20)19-7-10-8-21-12-3-1-2-4-13(12)22-10/h1-6,10H,7-8H2,(H,19,20)/t10-/m0/s1. The van der Waals surface area contributed by atoms with Crippen LogP contribution in [0, 0.1) is 0 Å². The van der Waals surface area contributed by atoms with E-state index in [1.54, 1.807) is 0 Å². The number of carbonyl (C=O) groups excluding carboxylic acids is 1. The van der Waals surface area contributed by atoms with Crippen molar-refractivity contribution in [1.29, 1.82) is 0 Å². The van der Waals surface area contributed by atoms with E-state index >= 15 is 0 Å².